The average Bonchev–Trinajstić information content (AvgIpc) is 2.49. The Balaban J connectivity index is 2.00. The summed E-state index contributed by atoms with van der Waals surface area (Å²) in [7, 11) is -3.86. The molecule has 0 saturated carbocycles. The van der Waals surface area contributed by atoms with Crippen LogP contribution in [0.3, 0.4) is 0 Å². The quantitative estimate of drug-likeness (QED) is 0.491. The molecule has 1 saturated heterocycles. The summed E-state index contributed by atoms with van der Waals surface area (Å²) in [6.07, 6.45) is 4.04. The van der Waals surface area contributed by atoms with Gasteiger partial charge in [-0.05, 0) is 37.3 Å². The molecule has 1 aromatic rings. The van der Waals surface area contributed by atoms with Gasteiger partial charge in [0.1, 0.15) is 19.1 Å². The Morgan fingerprint density at radius 3 is 2.79 bits per heavy atom. The SMILES string of the molecule is CCC[N@+]1(OP(C)(=O)[O-])CCC[C@@H]2Cc3c(ccc(O)c3O)C[C@H]21. The molecule has 24 heavy (non-hydrogen) atoms. The maximum atomic E-state index is 11.9. The number of fused-ring (bicyclic) bond motifs is 2. The Labute approximate surface area is 142 Å². The van der Waals surface area contributed by atoms with E-state index in [0.29, 0.717) is 25.9 Å². The summed E-state index contributed by atoms with van der Waals surface area (Å²) >= 11 is 0. The van der Waals surface area contributed by atoms with Crippen molar-refractivity contribution in [3.63, 3.8) is 0 Å². The van der Waals surface area contributed by atoms with E-state index in [-0.39, 0.29) is 28.1 Å². The summed E-state index contributed by atoms with van der Waals surface area (Å²) in [6.45, 7) is 4.56. The summed E-state index contributed by atoms with van der Waals surface area (Å²) in [4.78, 5) is 11.9. The van der Waals surface area contributed by atoms with Crippen LogP contribution in [0.25, 0.3) is 0 Å². The zero-order valence-corrected chi connectivity index (χ0v) is 15.2. The number of rotatable bonds is 4. The van der Waals surface area contributed by atoms with E-state index >= 15 is 0 Å². The van der Waals surface area contributed by atoms with Crippen molar-refractivity contribution in [2.45, 2.75) is 45.1 Å². The molecule has 134 valence electrons. The smallest absolute Gasteiger partial charge is 0.196 e. The molecule has 1 unspecified atom stereocenters. The van der Waals surface area contributed by atoms with Gasteiger partial charge in [0.2, 0.25) is 0 Å². The average molecular weight is 355 g/mol. The second kappa shape index (κ2) is 6.34. The largest absolute Gasteiger partial charge is 0.774 e. The van der Waals surface area contributed by atoms with Gasteiger partial charge < -0.3 is 19.7 Å². The lowest BCUT2D eigenvalue weighted by Gasteiger charge is -2.51. The van der Waals surface area contributed by atoms with Crippen molar-refractivity contribution in [1.29, 1.82) is 0 Å². The molecule has 2 aliphatic rings. The number of hydrogen-bond donors (Lipinski definition) is 2. The molecule has 0 aromatic heterocycles. The Morgan fingerprint density at radius 1 is 1.38 bits per heavy atom. The van der Waals surface area contributed by atoms with Crippen molar-refractivity contribution in [2.75, 3.05) is 19.8 Å². The lowest BCUT2D eigenvalue weighted by molar-refractivity contribution is -1.11. The topological polar surface area (TPSA) is 89.8 Å². The fourth-order valence-corrected chi connectivity index (χ4v) is 5.48. The molecule has 3 rings (SSSR count). The Bertz CT molecular complexity index is 669. The third-order valence-corrected chi connectivity index (χ3v) is 6.05. The molecule has 1 aromatic carbocycles. The van der Waals surface area contributed by atoms with Crippen LogP contribution < -0.4 is 4.89 Å². The van der Waals surface area contributed by atoms with E-state index in [2.05, 4.69) is 0 Å². The monoisotopic (exact) mass is 355 g/mol. The number of piperidine rings is 1. The van der Waals surface area contributed by atoms with E-state index in [1.165, 1.54) is 6.07 Å². The number of hydroxylamine groups is 3. The molecule has 2 N–H and O–H groups in total. The van der Waals surface area contributed by atoms with E-state index in [4.69, 9.17) is 4.62 Å². The van der Waals surface area contributed by atoms with E-state index in [9.17, 15) is 19.7 Å². The summed E-state index contributed by atoms with van der Waals surface area (Å²) < 4.78 is 17.8. The second-order valence-electron chi connectivity index (χ2n) is 7.20. The van der Waals surface area contributed by atoms with Crippen molar-refractivity contribution >= 4 is 7.60 Å². The summed E-state index contributed by atoms with van der Waals surface area (Å²) in [6, 6.07) is 3.40. The van der Waals surface area contributed by atoms with Crippen LogP contribution in [0.2, 0.25) is 0 Å². The number of nitrogens with zero attached hydrogens (tertiary/aromatic N) is 1. The molecule has 1 aliphatic carbocycles. The zero-order chi connectivity index (χ0) is 17.5. The van der Waals surface area contributed by atoms with Crippen molar-refractivity contribution < 1.29 is 28.9 Å². The first kappa shape index (κ1) is 17.7. The first-order chi connectivity index (χ1) is 11.3. The number of aromatic hydroxyl groups is 2. The normalized spacial score (nSPS) is 31.8. The van der Waals surface area contributed by atoms with Gasteiger partial charge in [0, 0.05) is 24.6 Å². The van der Waals surface area contributed by atoms with E-state index in [1.807, 2.05) is 13.0 Å². The van der Waals surface area contributed by atoms with E-state index in [1.54, 1.807) is 0 Å². The predicted octanol–water partition coefficient (Wildman–Crippen LogP) is 2.32. The molecule has 1 heterocycles. The second-order valence-corrected chi connectivity index (χ2v) is 8.91. The van der Waals surface area contributed by atoms with Gasteiger partial charge in [-0.25, -0.2) is 0 Å². The molecular formula is C17H26NO5P. The minimum atomic E-state index is -3.86. The highest BCUT2D eigenvalue weighted by Crippen LogP contribution is 2.48. The van der Waals surface area contributed by atoms with Crippen LogP contribution in [0.1, 0.15) is 37.3 Å². The molecule has 0 spiro atoms. The molecule has 0 bridgehead atoms. The number of likely N-dealkylation sites (tertiary alicyclic amines) is 1. The number of hydrogen-bond acceptors (Lipinski definition) is 5. The number of phenols is 2. The molecule has 4 atom stereocenters. The van der Waals surface area contributed by atoms with Gasteiger partial charge in [0.05, 0.1) is 0 Å². The number of phenolic OH excluding ortho intramolecular Hbond substituents is 2. The van der Waals surface area contributed by atoms with E-state index < -0.39 is 7.60 Å². The lowest BCUT2D eigenvalue weighted by Crippen LogP contribution is -2.63. The highest BCUT2D eigenvalue weighted by molar-refractivity contribution is 7.50. The molecule has 7 heteroatoms. The number of benzene rings is 1. The third kappa shape index (κ3) is 3.21. The van der Waals surface area contributed by atoms with Gasteiger partial charge in [0.25, 0.3) is 0 Å². The Hall–Kier alpha value is -1.07. The predicted molar refractivity (Wildman–Crippen MR) is 88.6 cm³/mol. The van der Waals surface area contributed by atoms with Gasteiger partial charge >= 0.3 is 0 Å². The van der Waals surface area contributed by atoms with Gasteiger partial charge in [-0.2, -0.15) is 9.27 Å². The van der Waals surface area contributed by atoms with Crippen LogP contribution >= 0.6 is 7.60 Å². The lowest BCUT2D eigenvalue weighted by atomic mass is 9.74. The van der Waals surface area contributed by atoms with Gasteiger partial charge in [-0.1, -0.05) is 13.0 Å². The van der Waals surface area contributed by atoms with Crippen LogP contribution in [-0.2, 0) is 22.0 Å². The van der Waals surface area contributed by atoms with Crippen molar-refractivity contribution in [1.82, 2.24) is 0 Å². The molecule has 0 amide bonds. The summed E-state index contributed by atoms with van der Waals surface area (Å²) in [5.41, 5.74) is 1.78. The Morgan fingerprint density at radius 2 is 2.12 bits per heavy atom. The van der Waals surface area contributed by atoms with Crippen LogP contribution in [0.15, 0.2) is 12.1 Å². The fourth-order valence-electron chi connectivity index (χ4n) is 4.60. The van der Waals surface area contributed by atoms with Crippen molar-refractivity contribution in [3.05, 3.63) is 23.3 Å². The van der Waals surface area contributed by atoms with E-state index in [0.717, 1.165) is 37.1 Å². The zero-order valence-electron chi connectivity index (χ0n) is 14.3. The van der Waals surface area contributed by atoms with Gasteiger partial charge in [-0.15, -0.1) is 0 Å². The minimum absolute atomic E-state index is 0.0315. The van der Waals surface area contributed by atoms with Crippen molar-refractivity contribution in [3.8, 4) is 11.5 Å². The summed E-state index contributed by atoms with van der Waals surface area (Å²) in [5.74, 6) is 0.124. The minimum Gasteiger partial charge on any atom is -0.774 e. The molecule has 6 nitrogen and oxygen atoms in total. The maximum absolute atomic E-state index is 11.9. The van der Waals surface area contributed by atoms with Crippen molar-refractivity contribution in [2.24, 2.45) is 5.92 Å². The third-order valence-electron chi connectivity index (χ3n) is 5.43. The van der Waals surface area contributed by atoms with Crippen LogP contribution in [0.5, 0.6) is 11.5 Å². The highest BCUT2D eigenvalue weighted by atomic mass is 31.2. The van der Waals surface area contributed by atoms with Gasteiger partial charge in [0.15, 0.2) is 19.1 Å². The molecule has 1 aliphatic heterocycles. The maximum Gasteiger partial charge on any atom is 0.196 e. The van der Waals surface area contributed by atoms with Gasteiger partial charge in [-0.3, -0.25) is 0 Å². The first-order valence-electron chi connectivity index (χ1n) is 8.65. The summed E-state index contributed by atoms with van der Waals surface area (Å²) in [5, 5.41) is 19.9. The first-order valence-corrected chi connectivity index (χ1v) is 10.6. The molecule has 0 radical (unpaired) electrons. The molecule has 1 fully saturated rings. The fraction of sp³-hybridized carbons (Fsp3) is 0.647. The Kier molecular flexibility index (Phi) is 4.69. The number of quaternary nitrogens is 1. The highest BCUT2D eigenvalue weighted by Gasteiger charge is 2.50. The van der Waals surface area contributed by atoms with Crippen LogP contribution in [0, 0.1) is 5.92 Å². The van der Waals surface area contributed by atoms with Crippen LogP contribution in [-0.4, -0.2) is 40.7 Å². The standard InChI is InChI=1S/C17H26NO5P/c1-3-8-18(23-24(2,21)22)9-4-5-13-10-14-12(11-15(13)18)6-7-16(19)17(14)20/h6-7,13,15H,3-5,8-11H2,1-2H3,(H2-,19,20,21,22)/t13-,15-,18+/m1/s1. The molecular weight excluding hydrogens is 329 g/mol. The van der Waals surface area contributed by atoms with Crippen LogP contribution in [0.4, 0.5) is 0 Å².